The number of benzene rings is 1. The van der Waals surface area contributed by atoms with Gasteiger partial charge in [0.15, 0.2) is 0 Å². The lowest BCUT2D eigenvalue weighted by Crippen LogP contribution is -2.34. The van der Waals surface area contributed by atoms with E-state index in [0.717, 1.165) is 5.56 Å². The van der Waals surface area contributed by atoms with Crippen molar-refractivity contribution in [3.8, 4) is 0 Å². The molecule has 0 aromatic heterocycles. The summed E-state index contributed by atoms with van der Waals surface area (Å²) in [6.07, 6.45) is 3.42. The third-order valence-corrected chi connectivity index (χ3v) is 2.30. The molecular weight excluding hydrogens is 244 g/mol. The Bertz CT molecular complexity index is 419. The summed E-state index contributed by atoms with van der Waals surface area (Å²) in [6, 6.07) is 7.69. The van der Waals surface area contributed by atoms with Crippen LogP contribution in [0.4, 0.5) is 4.79 Å². The normalized spacial score (nSPS) is 10.6. The number of hydrogen-bond donors (Lipinski definition) is 3. The van der Waals surface area contributed by atoms with Crippen LogP contribution >= 0.6 is 0 Å². The second kappa shape index (κ2) is 9.13. The van der Waals surface area contributed by atoms with Crippen molar-refractivity contribution in [2.24, 2.45) is 0 Å². The summed E-state index contributed by atoms with van der Waals surface area (Å²) in [7, 11) is 0. The number of urea groups is 1. The standard InChI is InChI=1S/C14H20N2O3/c1-12-3-2-4-13(11-12)5-6-15-14(18)16-7-9-19-10-8-17/h2-6,11,17H,7-10H2,1H3,(H2,15,16,18)/b6-5+. The zero-order valence-corrected chi connectivity index (χ0v) is 11.1. The Hall–Kier alpha value is -1.85. The number of amides is 2. The molecular formula is C14H20N2O3. The number of rotatable bonds is 7. The second-order valence-corrected chi connectivity index (χ2v) is 3.98. The zero-order chi connectivity index (χ0) is 13.9. The first kappa shape index (κ1) is 15.2. The number of carbonyl (C=O) groups excluding carboxylic acids is 1. The second-order valence-electron chi connectivity index (χ2n) is 3.98. The number of hydrogen-bond acceptors (Lipinski definition) is 3. The van der Waals surface area contributed by atoms with Crippen molar-refractivity contribution < 1.29 is 14.6 Å². The van der Waals surface area contributed by atoms with E-state index in [0.29, 0.717) is 13.2 Å². The highest BCUT2D eigenvalue weighted by atomic mass is 16.5. The smallest absolute Gasteiger partial charge is 0.318 e. The third kappa shape index (κ3) is 7.23. The molecule has 0 spiro atoms. The van der Waals surface area contributed by atoms with Gasteiger partial charge in [-0.1, -0.05) is 29.8 Å². The third-order valence-electron chi connectivity index (χ3n) is 2.30. The molecule has 0 bridgehead atoms. The summed E-state index contributed by atoms with van der Waals surface area (Å²) in [5.74, 6) is 0. The van der Waals surface area contributed by atoms with E-state index >= 15 is 0 Å². The van der Waals surface area contributed by atoms with Crippen molar-refractivity contribution in [3.63, 3.8) is 0 Å². The first-order valence-electron chi connectivity index (χ1n) is 6.18. The average Bonchev–Trinajstić information content (AvgIpc) is 2.38. The van der Waals surface area contributed by atoms with Gasteiger partial charge in [-0.15, -0.1) is 0 Å². The van der Waals surface area contributed by atoms with Gasteiger partial charge in [0.1, 0.15) is 0 Å². The maximum Gasteiger partial charge on any atom is 0.318 e. The molecule has 0 aliphatic carbocycles. The minimum atomic E-state index is -0.281. The Morgan fingerprint density at radius 2 is 2.26 bits per heavy atom. The van der Waals surface area contributed by atoms with Crippen molar-refractivity contribution in [2.75, 3.05) is 26.4 Å². The highest BCUT2D eigenvalue weighted by Crippen LogP contribution is 2.04. The largest absolute Gasteiger partial charge is 0.394 e. The van der Waals surface area contributed by atoms with Gasteiger partial charge in [0.25, 0.3) is 0 Å². The zero-order valence-electron chi connectivity index (χ0n) is 11.1. The predicted molar refractivity (Wildman–Crippen MR) is 74.7 cm³/mol. The van der Waals surface area contributed by atoms with E-state index in [9.17, 15) is 4.79 Å². The van der Waals surface area contributed by atoms with Crippen LogP contribution in [0.5, 0.6) is 0 Å². The van der Waals surface area contributed by atoms with Gasteiger partial charge in [-0.25, -0.2) is 4.79 Å². The maximum atomic E-state index is 11.4. The molecule has 0 unspecified atom stereocenters. The lowest BCUT2D eigenvalue weighted by Gasteiger charge is -2.04. The van der Waals surface area contributed by atoms with E-state index < -0.39 is 0 Å². The van der Waals surface area contributed by atoms with Crippen molar-refractivity contribution in [3.05, 3.63) is 41.6 Å². The minimum Gasteiger partial charge on any atom is -0.394 e. The Morgan fingerprint density at radius 1 is 1.42 bits per heavy atom. The van der Waals surface area contributed by atoms with Crippen LogP contribution in [0.25, 0.3) is 6.08 Å². The highest BCUT2D eigenvalue weighted by molar-refractivity contribution is 5.75. The maximum absolute atomic E-state index is 11.4. The molecule has 0 aliphatic rings. The molecule has 5 heteroatoms. The summed E-state index contributed by atoms with van der Waals surface area (Å²) in [6.45, 7) is 3.09. The van der Waals surface area contributed by atoms with Crippen LogP contribution in [-0.4, -0.2) is 37.5 Å². The molecule has 0 radical (unpaired) electrons. The first-order valence-corrected chi connectivity index (χ1v) is 6.18. The number of ether oxygens (including phenoxy) is 1. The van der Waals surface area contributed by atoms with Crippen molar-refractivity contribution in [2.45, 2.75) is 6.92 Å². The lowest BCUT2D eigenvalue weighted by atomic mass is 10.1. The highest BCUT2D eigenvalue weighted by Gasteiger charge is 1.95. The number of aliphatic hydroxyl groups excluding tert-OH is 1. The van der Waals surface area contributed by atoms with Crippen molar-refractivity contribution in [1.29, 1.82) is 0 Å². The Kier molecular flexibility index (Phi) is 7.31. The van der Waals surface area contributed by atoms with Gasteiger partial charge in [-0.2, -0.15) is 0 Å². The molecule has 104 valence electrons. The fourth-order valence-corrected chi connectivity index (χ4v) is 1.44. The molecule has 1 aromatic rings. The number of carbonyl (C=O) groups is 1. The van der Waals surface area contributed by atoms with Gasteiger partial charge in [0.2, 0.25) is 0 Å². The molecule has 3 N–H and O–H groups in total. The summed E-state index contributed by atoms with van der Waals surface area (Å²) in [5, 5.41) is 13.7. The molecule has 0 saturated carbocycles. The van der Waals surface area contributed by atoms with Crippen LogP contribution < -0.4 is 10.6 Å². The van der Waals surface area contributed by atoms with Crippen LogP contribution in [0.1, 0.15) is 11.1 Å². The number of aliphatic hydroxyl groups is 1. The van der Waals surface area contributed by atoms with E-state index in [2.05, 4.69) is 10.6 Å². The summed E-state index contributed by atoms with van der Waals surface area (Å²) >= 11 is 0. The summed E-state index contributed by atoms with van der Waals surface area (Å²) < 4.78 is 5.01. The minimum absolute atomic E-state index is 0.00851. The molecule has 19 heavy (non-hydrogen) atoms. The predicted octanol–water partition coefficient (Wildman–Crippen LogP) is 1.27. The van der Waals surface area contributed by atoms with Crippen LogP contribution in [0.15, 0.2) is 30.5 Å². The Morgan fingerprint density at radius 3 is 3.00 bits per heavy atom. The molecule has 0 aliphatic heterocycles. The van der Waals surface area contributed by atoms with Gasteiger partial charge in [0, 0.05) is 12.7 Å². The first-order chi connectivity index (χ1) is 9.22. The van der Waals surface area contributed by atoms with Gasteiger partial charge in [0.05, 0.1) is 19.8 Å². The van der Waals surface area contributed by atoms with Crippen LogP contribution in [0.2, 0.25) is 0 Å². The van der Waals surface area contributed by atoms with E-state index in [4.69, 9.17) is 9.84 Å². The van der Waals surface area contributed by atoms with E-state index in [-0.39, 0.29) is 19.2 Å². The van der Waals surface area contributed by atoms with E-state index in [1.165, 1.54) is 5.56 Å². The summed E-state index contributed by atoms with van der Waals surface area (Å²) in [4.78, 5) is 11.4. The molecule has 0 heterocycles. The molecule has 0 fully saturated rings. The molecule has 0 saturated heterocycles. The van der Waals surface area contributed by atoms with Gasteiger partial charge >= 0.3 is 6.03 Å². The molecule has 1 rings (SSSR count). The molecule has 2 amide bonds. The fraction of sp³-hybridized carbons (Fsp3) is 0.357. The van der Waals surface area contributed by atoms with Gasteiger partial charge in [-0.3, -0.25) is 0 Å². The lowest BCUT2D eigenvalue weighted by molar-refractivity contribution is 0.0948. The molecule has 5 nitrogen and oxygen atoms in total. The van der Waals surface area contributed by atoms with E-state index in [1.54, 1.807) is 6.20 Å². The monoisotopic (exact) mass is 264 g/mol. The van der Waals surface area contributed by atoms with E-state index in [1.807, 2.05) is 37.3 Å². The fourth-order valence-electron chi connectivity index (χ4n) is 1.44. The number of nitrogens with one attached hydrogen (secondary N) is 2. The van der Waals surface area contributed by atoms with Crippen LogP contribution in [0, 0.1) is 6.92 Å². The van der Waals surface area contributed by atoms with Crippen LogP contribution in [-0.2, 0) is 4.74 Å². The SMILES string of the molecule is Cc1cccc(/C=C/NC(=O)NCCOCCO)c1. The average molecular weight is 264 g/mol. The van der Waals surface area contributed by atoms with Crippen LogP contribution in [0.3, 0.4) is 0 Å². The quantitative estimate of drug-likeness (QED) is 0.650. The van der Waals surface area contributed by atoms with Crippen molar-refractivity contribution in [1.82, 2.24) is 10.6 Å². The topological polar surface area (TPSA) is 70.6 Å². The Labute approximate surface area is 113 Å². The molecule has 1 aromatic carbocycles. The van der Waals surface area contributed by atoms with Gasteiger partial charge < -0.3 is 20.5 Å². The number of aryl methyl sites for hydroxylation is 1. The molecule has 0 atom stereocenters. The van der Waals surface area contributed by atoms with Gasteiger partial charge in [-0.05, 0) is 18.6 Å². The Balaban J connectivity index is 2.19. The summed E-state index contributed by atoms with van der Waals surface area (Å²) in [5.41, 5.74) is 2.21. The van der Waals surface area contributed by atoms with Crippen molar-refractivity contribution >= 4 is 12.1 Å².